The summed E-state index contributed by atoms with van der Waals surface area (Å²) in [5, 5.41) is 12.6. The molecule has 1 aromatic rings. The van der Waals surface area contributed by atoms with Gasteiger partial charge in [0.2, 0.25) is 0 Å². The SMILES string of the molecule is C=C(Br)CNCC(O)c1ccc(C(F)(F)F)cc1. The Balaban J connectivity index is 2.59. The topological polar surface area (TPSA) is 32.3 Å². The molecule has 0 bridgehead atoms. The summed E-state index contributed by atoms with van der Waals surface area (Å²) in [6, 6.07) is 4.47. The van der Waals surface area contributed by atoms with Crippen molar-refractivity contribution in [2.24, 2.45) is 0 Å². The molecule has 100 valence electrons. The minimum absolute atomic E-state index is 0.246. The molecule has 0 radical (unpaired) electrons. The van der Waals surface area contributed by atoms with E-state index in [0.717, 1.165) is 16.6 Å². The predicted molar refractivity (Wildman–Crippen MR) is 67.3 cm³/mol. The Bertz CT molecular complexity index is 403. The predicted octanol–water partition coefficient (Wildman–Crippen LogP) is 3.24. The maximum absolute atomic E-state index is 12.3. The third-order valence-electron chi connectivity index (χ3n) is 2.28. The largest absolute Gasteiger partial charge is 0.416 e. The molecule has 0 saturated carbocycles. The van der Waals surface area contributed by atoms with Gasteiger partial charge >= 0.3 is 6.18 Å². The quantitative estimate of drug-likeness (QED) is 0.872. The average molecular weight is 324 g/mol. The molecule has 0 amide bonds. The Morgan fingerprint density at radius 3 is 2.33 bits per heavy atom. The molecule has 2 nitrogen and oxygen atoms in total. The van der Waals surface area contributed by atoms with E-state index in [-0.39, 0.29) is 6.54 Å². The lowest BCUT2D eigenvalue weighted by atomic mass is 10.1. The number of aliphatic hydroxyl groups excluding tert-OH is 1. The van der Waals surface area contributed by atoms with E-state index < -0.39 is 17.8 Å². The first-order valence-corrected chi connectivity index (χ1v) is 5.99. The highest BCUT2D eigenvalue weighted by molar-refractivity contribution is 9.11. The van der Waals surface area contributed by atoms with Crippen LogP contribution in [0.2, 0.25) is 0 Å². The van der Waals surface area contributed by atoms with Crippen molar-refractivity contribution in [3.63, 3.8) is 0 Å². The van der Waals surface area contributed by atoms with Gasteiger partial charge in [-0.15, -0.1) is 0 Å². The Labute approximate surface area is 112 Å². The molecule has 6 heteroatoms. The van der Waals surface area contributed by atoms with Gasteiger partial charge in [0, 0.05) is 17.6 Å². The van der Waals surface area contributed by atoms with Crippen LogP contribution in [0.4, 0.5) is 13.2 Å². The summed E-state index contributed by atoms with van der Waals surface area (Å²) in [6.07, 6.45) is -5.20. The average Bonchev–Trinajstić information content (AvgIpc) is 2.27. The van der Waals surface area contributed by atoms with Gasteiger partial charge in [0.1, 0.15) is 0 Å². The minimum Gasteiger partial charge on any atom is -0.387 e. The van der Waals surface area contributed by atoms with Gasteiger partial charge in [-0.25, -0.2) is 0 Å². The Kier molecular flexibility index (Phi) is 5.37. The van der Waals surface area contributed by atoms with Crippen LogP contribution in [0.5, 0.6) is 0 Å². The summed E-state index contributed by atoms with van der Waals surface area (Å²) >= 11 is 3.15. The highest BCUT2D eigenvalue weighted by Gasteiger charge is 2.30. The van der Waals surface area contributed by atoms with Crippen molar-refractivity contribution in [1.29, 1.82) is 0 Å². The van der Waals surface area contributed by atoms with Crippen molar-refractivity contribution in [3.8, 4) is 0 Å². The summed E-state index contributed by atoms with van der Waals surface area (Å²) in [6.45, 7) is 4.34. The fourth-order valence-corrected chi connectivity index (χ4v) is 1.55. The first-order chi connectivity index (χ1) is 8.30. The third kappa shape index (κ3) is 4.80. The Morgan fingerprint density at radius 1 is 1.33 bits per heavy atom. The fraction of sp³-hybridized carbons (Fsp3) is 0.333. The maximum atomic E-state index is 12.3. The van der Waals surface area contributed by atoms with Gasteiger partial charge in [-0.05, 0) is 17.7 Å². The van der Waals surface area contributed by atoms with Crippen LogP contribution in [0, 0.1) is 0 Å². The van der Waals surface area contributed by atoms with Gasteiger partial charge < -0.3 is 10.4 Å². The van der Waals surface area contributed by atoms with Gasteiger partial charge in [-0.3, -0.25) is 0 Å². The van der Waals surface area contributed by atoms with E-state index in [2.05, 4.69) is 27.8 Å². The number of aliphatic hydroxyl groups is 1. The van der Waals surface area contributed by atoms with Crippen molar-refractivity contribution >= 4 is 15.9 Å². The highest BCUT2D eigenvalue weighted by Crippen LogP contribution is 2.29. The normalized spacial score (nSPS) is 13.4. The summed E-state index contributed by atoms with van der Waals surface area (Å²) < 4.78 is 37.7. The summed E-state index contributed by atoms with van der Waals surface area (Å²) in [7, 11) is 0. The zero-order valence-electron chi connectivity index (χ0n) is 9.47. The molecule has 0 saturated heterocycles. The van der Waals surface area contributed by atoms with E-state index in [9.17, 15) is 18.3 Å². The Hall–Kier alpha value is -0.850. The molecule has 0 aliphatic carbocycles. The second-order valence-corrected chi connectivity index (χ2v) is 4.91. The van der Waals surface area contributed by atoms with E-state index >= 15 is 0 Å². The molecule has 0 aliphatic rings. The van der Waals surface area contributed by atoms with Crippen LogP contribution in [-0.2, 0) is 6.18 Å². The lowest BCUT2D eigenvalue weighted by molar-refractivity contribution is -0.137. The first kappa shape index (κ1) is 15.2. The van der Waals surface area contributed by atoms with Crippen molar-refractivity contribution < 1.29 is 18.3 Å². The highest BCUT2D eigenvalue weighted by atomic mass is 79.9. The second kappa shape index (κ2) is 6.36. The van der Waals surface area contributed by atoms with Crippen LogP contribution >= 0.6 is 15.9 Å². The standard InChI is InChI=1S/C12H13BrF3NO/c1-8(13)6-17-7-11(18)9-2-4-10(5-3-9)12(14,15)16/h2-5,11,17-18H,1,6-7H2. The zero-order valence-corrected chi connectivity index (χ0v) is 11.1. The molecule has 2 N–H and O–H groups in total. The van der Waals surface area contributed by atoms with Gasteiger partial charge in [0.15, 0.2) is 0 Å². The van der Waals surface area contributed by atoms with E-state index in [1.807, 2.05) is 0 Å². The molecule has 0 aliphatic heterocycles. The van der Waals surface area contributed by atoms with E-state index in [4.69, 9.17) is 0 Å². The molecular weight excluding hydrogens is 311 g/mol. The number of hydrogen-bond donors (Lipinski definition) is 2. The monoisotopic (exact) mass is 323 g/mol. The summed E-state index contributed by atoms with van der Waals surface area (Å²) in [5.41, 5.74) is -0.282. The molecule has 18 heavy (non-hydrogen) atoms. The summed E-state index contributed by atoms with van der Waals surface area (Å²) in [5.74, 6) is 0. The molecule has 0 spiro atoms. The smallest absolute Gasteiger partial charge is 0.387 e. The summed E-state index contributed by atoms with van der Waals surface area (Å²) in [4.78, 5) is 0. The third-order valence-corrected chi connectivity index (χ3v) is 2.56. The van der Waals surface area contributed by atoms with Crippen molar-refractivity contribution in [2.45, 2.75) is 12.3 Å². The zero-order chi connectivity index (χ0) is 13.8. The number of benzene rings is 1. The first-order valence-electron chi connectivity index (χ1n) is 5.20. The Morgan fingerprint density at radius 2 is 1.89 bits per heavy atom. The lowest BCUT2D eigenvalue weighted by Gasteiger charge is -2.13. The van der Waals surface area contributed by atoms with Crippen LogP contribution in [0.3, 0.4) is 0 Å². The molecular formula is C12H13BrF3NO. The molecule has 1 unspecified atom stereocenters. The van der Waals surface area contributed by atoms with Gasteiger partial charge in [0.05, 0.1) is 11.7 Å². The van der Waals surface area contributed by atoms with E-state index in [0.29, 0.717) is 12.1 Å². The number of halogens is 4. The minimum atomic E-state index is -4.35. The van der Waals surface area contributed by atoms with Crippen molar-refractivity contribution in [1.82, 2.24) is 5.32 Å². The van der Waals surface area contributed by atoms with Crippen molar-refractivity contribution in [2.75, 3.05) is 13.1 Å². The van der Waals surface area contributed by atoms with Gasteiger partial charge in [0.25, 0.3) is 0 Å². The molecule has 1 atom stereocenters. The van der Waals surface area contributed by atoms with Crippen LogP contribution in [0.25, 0.3) is 0 Å². The fourth-order valence-electron chi connectivity index (χ4n) is 1.36. The number of hydrogen-bond acceptors (Lipinski definition) is 2. The van der Waals surface area contributed by atoms with Crippen LogP contribution in [0.1, 0.15) is 17.2 Å². The number of alkyl halides is 3. The molecule has 0 heterocycles. The van der Waals surface area contributed by atoms with E-state index in [1.165, 1.54) is 12.1 Å². The molecule has 0 aromatic heterocycles. The van der Waals surface area contributed by atoms with Gasteiger partial charge in [-0.1, -0.05) is 34.6 Å². The lowest BCUT2D eigenvalue weighted by Crippen LogP contribution is -2.22. The maximum Gasteiger partial charge on any atom is 0.416 e. The number of nitrogens with one attached hydrogen (secondary N) is 1. The molecule has 0 fully saturated rings. The van der Waals surface area contributed by atoms with Crippen LogP contribution < -0.4 is 5.32 Å². The molecule has 1 rings (SSSR count). The number of rotatable bonds is 5. The van der Waals surface area contributed by atoms with Gasteiger partial charge in [-0.2, -0.15) is 13.2 Å². The molecule has 1 aromatic carbocycles. The van der Waals surface area contributed by atoms with Crippen LogP contribution in [0.15, 0.2) is 35.3 Å². The second-order valence-electron chi connectivity index (χ2n) is 3.78. The van der Waals surface area contributed by atoms with Crippen LogP contribution in [-0.4, -0.2) is 18.2 Å². The van der Waals surface area contributed by atoms with Crippen molar-refractivity contribution in [3.05, 3.63) is 46.5 Å². The van der Waals surface area contributed by atoms with E-state index in [1.54, 1.807) is 0 Å².